The molecule has 26 heavy (non-hydrogen) atoms. The normalized spacial score (nSPS) is 20.0. The number of hydrogen-bond donors (Lipinski definition) is 1. The molecular formula is C20H41NO4Si. The molecule has 6 heteroatoms. The number of aliphatic hydroxyl groups is 1. The van der Waals surface area contributed by atoms with Gasteiger partial charge in [-0.25, -0.2) is 4.79 Å². The maximum absolute atomic E-state index is 12.3. The first-order valence-corrected chi connectivity index (χ1v) is 12.8. The molecule has 154 valence electrons. The quantitative estimate of drug-likeness (QED) is 0.689. The monoisotopic (exact) mass is 387 g/mol. The van der Waals surface area contributed by atoms with E-state index in [4.69, 9.17) is 9.16 Å². The van der Waals surface area contributed by atoms with Gasteiger partial charge < -0.3 is 19.2 Å². The molecule has 1 amide bonds. The van der Waals surface area contributed by atoms with Gasteiger partial charge in [-0.3, -0.25) is 0 Å². The van der Waals surface area contributed by atoms with Crippen molar-refractivity contribution < 1.29 is 19.1 Å². The first kappa shape index (κ1) is 23.4. The van der Waals surface area contributed by atoms with Gasteiger partial charge in [-0.05, 0) is 70.5 Å². The van der Waals surface area contributed by atoms with Crippen LogP contribution in [0.3, 0.4) is 0 Å². The molecule has 1 atom stereocenters. The van der Waals surface area contributed by atoms with Crippen LogP contribution in [0.25, 0.3) is 0 Å². The fourth-order valence-electron chi connectivity index (χ4n) is 3.25. The Hall–Kier alpha value is -0.593. The van der Waals surface area contributed by atoms with Crippen molar-refractivity contribution >= 4 is 14.4 Å². The molecule has 0 aromatic carbocycles. The molecule has 1 fully saturated rings. The molecule has 1 unspecified atom stereocenters. The SMILES string of the molecule is CC(CC1(CO)CCN(C(=O)OC(C)(C)C)CC1)O[Si](C)(C)C(C)(C)C. The van der Waals surface area contributed by atoms with Gasteiger partial charge in [-0.15, -0.1) is 0 Å². The van der Waals surface area contributed by atoms with Gasteiger partial charge >= 0.3 is 6.09 Å². The number of rotatable bonds is 5. The first-order chi connectivity index (χ1) is 11.6. The second kappa shape index (κ2) is 8.19. The van der Waals surface area contributed by atoms with Crippen LogP contribution in [-0.2, 0) is 9.16 Å². The molecule has 0 saturated carbocycles. The van der Waals surface area contributed by atoms with Gasteiger partial charge in [0.15, 0.2) is 8.32 Å². The minimum Gasteiger partial charge on any atom is -0.444 e. The average Bonchev–Trinajstić information content (AvgIpc) is 2.44. The van der Waals surface area contributed by atoms with Crippen molar-refractivity contribution in [2.24, 2.45) is 5.41 Å². The van der Waals surface area contributed by atoms with Gasteiger partial charge in [0, 0.05) is 25.8 Å². The van der Waals surface area contributed by atoms with Crippen LogP contribution in [0.4, 0.5) is 4.79 Å². The number of nitrogens with zero attached hydrogens (tertiary/aromatic N) is 1. The minimum absolute atomic E-state index is 0.108. The Labute approximate surface area is 161 Å². The van der Waals surface area contributed by atoms with Crippen molar-refractivity contribution in [1.29, 1.82) is 0 Å². The van der Waals surface area contributed by atoms with Crippen LogP contribution in [0.1, 0.15) is 67.7 Å². The molecule has 1 heterocycles. The smallest absolute Gasteiger partial charge is 0.410 e. The van der Waals surface area contributed by atoms with E-state index in [0.29, 0.717) is 13.1 Å². The third-order valence-corrected chi connectivity index (χ3v) is 10.4. The molecule has 0 aliphatic carbocycles. The molecule has 5 nitrogen and oxygen atoms in total. The number of amides is 1. The number of aliphatic hydroxyl groups excluding tert-OH is 1. The maximum Gasteiger partial charge on any atom is 0.410 e. The Morgan fingerprint density at radius 3 is 2.04 bits per heavy atom. The largest absolute Gasteiger partial charge is 0.444 e. The first-order valence-electron chi connectivity index (χ1n) is 9.87. The van der Waals surface area contributed by atoms with Gasteiger partial charge in [0.1, 0.15) is 5.60 Å². The standard InChI is InChI=1S/C20H41NO4Si/c1-16(25-26(8,9)19(5,6)7)14-20(15-22)10-12-21(13-11-20)17(23)24-18(2,3)4/h16,22H,10-15H2,1-9H3. The van der Waals surface area contributed by atoms with Crippen LogP contribution in [0.2, 0.25) is 18.1 Å². The second-order valence-electron chi connectivity index (χ2n) is 10.5. The molecule has 1 saturated heterocycles. The number of hydrogen-bond acceptors (Lipinski definition) is 4. The lowest BCUT2D eigenvalue weighted by molar-refractivity contribution is -0.0133. The Balaban J connectivity index is 2.65. The minimum atomic E-state index is -1.82. The highest BCUT2D eigenvalue weighted by Gasteiger charge is 2.42. The summed E-state index contributed by atoms with van der Waals surface area (Å²) in [6.45, 7) is 20.4. The lowest BCUT2D eigenvalue weighted by Crippen LogP contribution is -2.49. The van der Waals surface area contributed by atoms with Crippen molar-refractivity contribution in [3.05, 3.63) is 0 Å². The fraction of sp³-hybridized carbons (Fsp3) is 0.950. The highest BCUT2D eigenvalue weighted by molar-refractivity contribution is 6.74. The zero-order valence-corrected chi connectivity index (χ0v) is 19.4. The predicted octanol–water partition coefficient (Wildman–Crippen LogP) is 4.80. The topological polar surface area (TPSA) is 59.0 Å². The summed E-state index contributed by atoms with van der Waals surface area (Å²) in [6.07, 6.45) is 2.26. The molecular weight excluding hydrogens is 346 g/mol. The summed E-state index contributed by atoms with van der Waals surface area (Å²) in [7, 11) is -1.82. The van der Waals surface area contributed by atoms with Crippen LogP contribution in [0, 0.1) is 5.41 Å². The summed E-state index contributed by atoms with van der Waals surface area (Å²) >= 11 is 0. The second-order valence-corrected chi connectivity index (χ2v) is 15.3. The zero-order valence-electron chi connectivity index (χ0n) is 18.4. The Bertz CT molecular complexity index is 471. The third-order valence-electron chi connectivity index (χ3n) is 5.83. The van der Waals surface area contributed by atoms with Crippen molar-refractivity contribution in [2.45, 2.75) is 97.6 Å². The van der Waals surface area contributed by atoms with E-state index in [9.17, 15) is 9.90 Å². The van der Waals surface area contributed by atoms with Crippen molar-refractivity contribution in [1.82, 2.24) is 4.90 Å². The fourth-order valence-corrected chi connectivity index (χ4v) is 4.69. The molecule has 1 N–H and O–H groups in total. The van der Waals surface area contributed by atoms with E-state index in [1.54, 1.807) is 4.90 Å². The summed E-state index contributed by atoms with van der Waals surface area (Å²) < 4.78 is 12.0. The lowest BCUT2D eigenvalue weighted by atomic mass is 9.75. The summed E-state index contributed by atoms with van der Waals surface area (Å²) in [6, 6.07) is 0. The molecule has 0 bridgehead atoms. The summed E-state index contributed by atoms with van der Waals surface area (Å²) in [5, 5.41) is 10.3. The van der Waals surface area contributed by atoms with E-state index >= 15 is 0 Å². The van der Waals surface area contributed by atoms with E-state index in [1.807, 2.05) is 20.8 Å². The number of carbonyl (C=O) groups excluding carboxylic acids is 1. The van der Waals surface area contributed by atoms with Crippen LogP contribution < -0.4 is 0 Å². The molecule has 1 rings (SSSR count). The lowest BCUT2D eigenvalue weighted by Gasteiger charge is -2.44. The predicted molar refractivity (Wildman–Crippen MR) is 109 cm³/mol. The third kappa shape index (κ3) is 6.53. The number of likely N-dealkylation sites (tertiary alicyclic amines) is 1. The highest BCUT2D eigenvalue weighted by Crippen LogP contribution is 2.41. The molecule has 0 radical (unpaired) electrons. The molecule has 1 aliphatic heterocycles. The Kier molecular flexibility index (Phi) is 7.39. The molecule has 0 aromatic rings. The Morgan fingerprint density at radius 1 is 1.15 bits per heavy atom. The van der Waals surface area contributed by atoms with Gasteiger partial charge in [0.25, 0.3) is 0 Å². The molecule has 1 aliphatic rings. The Morgan fingerprint density at radius 2 is 1.65 bits per heavy atom. The van der Waals surface area contributed by atoms with Gasteiger partial charge in [0.05, 0.1) is 0 Å². The van der Waals surface area contributed by atoms with Crippen molar-refractivity contribution in [3.63, 3.8) is 0 Å². The van der Waals surface area contributed by atoms with E-state index < -0.39 is 13.9 Å². The zero-order chi connectivity index (χ0) is 20.4. The van der Waals surface area contributed by atoms with Crippen LogP contribution in [-0.4, -0.2) is 55.8 Å². The van der Waals surface area contributed by atoms with Crippen LogP contribution in [0.5, 0.6) is 0 Å². The number of carbonyl (C=O) groups is 1. The number of piperidine rings is 1. The van der Waals surface area contributed by atoms with E-state index in [2.05, 4.69) is 40.8 Å². The average molecular weight is 388 g/mol. The van der Waals surface area contributed by atoms with Gasteiger partial charge in [-0.2, -0.15) is 0 Å². The van der Waals surface area contributed by atoms with Crippen LogP contribution >= 0.6 is 0 Å². The molecule has 0 aromatic heterocycles. The van der Waals surface area contributed by atoms with Gasteiger partial charge in [-0.1, -0.05) is 20.8 Å². The van der Waals surface area contributed by atoms with E-state index in [1.165, 1.54) is 0 Å². The van der Waals surface area contributed by atoms with E-state index in [0.717, 1.165) is 19.3 Å². The summed E-state index contributed by atoms with van der Waals surface area (Å²) in [5.41, 5.74) is -0.644. The van der Waals surface area contributed by atoms with Crippen molar-refractivity contribution in [3.8, 4) is 0 Å². The summed E-state index contributed by atoms with van der Waals surface area (Å²) in [4.78, 5) is 14.0. The van der Waals surface area contributed by atoms with Crippen LogP contribution in [0.15, 0.2) is 0 Å². The molecule has 0 spiro atoms. The summed E-state index contributed by atoms with van der Waals surface area (Å²) in [5.74, 6) is 0. The van der Waals surface area contributed by atoms with E-state index in [-0.39, 0.29) is 29.3 Å². The maximum atomic E-state index is 12.3. The number of ether oxygens (including phenoxy) is 1. The van der Waals surface area contributed by atoms with Crippen molar-refractivity contribution in [2.75, 3.05) is 19.7 Å². The van der Waals surface area contributed by atoms with Gasteiger partial charge in [0.2, 0.25) is 0 Å². The highest BCUT2D eigenvalue weighted by atomic mass is 28.4.